The SMILES string of the molecule is CCCc1c(-c2ccccc2Br)nn(C)c1N. The third-order valence-corrected chi connectivity index (χ3v) is 3.51. The van der Waals surface area contributed by atoms with Crippen LogP contribution in [0, 0.1) is 0 Å². The average Bonchev–Trinajstić information content (AvgIpc) is 2.58. The first-order valence-corrected chi connectivity index (χ1v) is 6.50. The number of anilines is 1. The topological polar surface area (TPSA) is 43.8 Å². The molecule has 1 heterocycles. The van der Waals surface area contributed by atoms with Gasteiger partial charge in [0.15, 0.2) is 0 Å². The van der Waals surface area contributed by atoms with Gasteiger partial charge in [-0.2, -0.15) is 5.10 Å². The number of nitrogen functional groups attached to an aromatic ring is 1. The van der Waals surface area contributed by atoms with E-state index in [2.05, 4.69) is 34.0 Å². The van der Waals surface area contributed by atoms with Gasteiger partial charge in [-0.1, -0.05) is 47.5 Å². The molecule has 2 rings (SSSR count). The van der Waals surface area contributed by atoms with Gasteiger partial charge < -0.3 is 5.73 Å². The van der Waals surface area contributed by atoms with Crippen LogP contribution in [-0.4, -0.2) is 9.78 Å². The molecule has 0 fully saturated rings. The number of halogens is 1. The number of hydrogen-bond donors (Lipinski definition) is 1. The Morgan fingerprint density at radius 1 is 1.35 bits per heavy atom. The third kappa shape index (κ3) is 2.22. The molecule has 0 aliphatic carbocycles. The van der Waals surface area contributed by atoms with Crippen LogP contribution in [0.15, 0.2) is 28.7 Å². The third-order valence-electron chi connectivity index (χ3n) is 2.82. The van der Waals surface area contributed by atoms with E-state index in [9.17, 15) is 0 Å². The lowest BCUT2D eigenvalue weighted by Gasteiger charge is -2.04. The van der Waals surface area contributed by atoms with Crippen LogP contribution >= 0.6 is 15.9 Å². The maximum absolute atomic E-state index is 6.06. The van der Waals surface area contributed by atoms with Crippen molar-refractivity contribution in [3.05, 3.63) is 34.3 Å². The lowest BCUT2D eigenvalue weighted by Crippen LogP contribution is -1.99. The molecule has 90 valence electrons. The molecule has 0 spiro atoms. The zero-order chi connectivity index (χ0) is 12.4. The van der Waals surface area contributed by atoms with E-state index in [1.807, 2.05) is 25.2 Å². The molecule has 0 saturated heterocycles. The van der Waals surface area contributed by atoms with E-state index in [4.69, 9.17) is 5.73 Å². The molecule has 0 atom stereocenters. The lowest BCUT2D eigenvalue weighted by molar-refractivity contribution is 0.781. The van der Waals surface area contributed by atoms with Crippen molar-refractivity contribution in [2.45, 2.75) is 19.8 Å². The van der Waals surface area contributed by atoms with E-state index in [1.165, 1.54) is 0 Å². The second-order valence-electron chi connectivity index (χ2n) is 4.07. The fourth-order valence-corrected chi connectivity index (χ4v) is 2.42. The minimum absolute atomic E-state index is 0.762. The monoisotopic (exact) mass is 293 g/mol. The van der Waals surface area contributed by atoms with Crippen LogP contribution in [0.1, 0.15) is 18.9 Å². The van der Waals surface area contributed by atoms with Crippen LogP contribution in [-0.2, 0) is 13.5 Å². The van der Waals surface area contributed by atoms with Crippen LogP contribution in [0.25, 0.3) is 11.3 Å². The van der Waals surface area contributed by atoms with Gasteiger partial charge in [-0.15, -0.1) is 0 Å². The van der Waals surface area contributed by atoms with Gasteiger partial charge in [0.1, 0.15) is 5.82 Å². The van der Waals surface area contributed by atoms with E-state index < -0.39 is 0 Å². The summed E-state index contributed by atoms with van der Waals surface area (Å²) in [6.07, 6.45) is 2.02. The Labute approximate surface area is 110 Å². The highest BCUT2D eigenvalue weighted by molar-refractivity contribution is 9.10. The Hall–Kier alpha value is -1.29. The second kappa shape index (κ2) is 4.92. The van der Waals surface area contributed by atoms with Gasteiger partial charge in [-0.3, -0.25) is 4.68 Å². The number of aromatic nitrogens is 2. The minimum Gasteiger partial charge on any atom is -0.384 e. The molecule has 0 aliphatic rings. The van der Waals surface area contributed by atoms with E-state index in [1.54, 1.807) is 4.68 Å². The highest BCUT2D eigenvalue weighted by Crippen LogP contribution is 2.32. The summed E-state index contributed by atoms with van der Waals surface area (Å²) in [5.41, 5.74) is 9.29. The Bertz CT molecular complexity index is 531. The highest BCUT2D eigenvalue weighted by atomic mass is 79.9. The summed E-state index contributed by atoms with van der Waals surface area (Å²) >= 11 is 3.56. The Morgan fingerprint density at radius 3 is 2.71 bits per heavy atom. The number of nitrogens with two attached hydrogens (primary N) is 1. The second-order valence-corrected chi connectivity index (χ2v) is 4.92. The predicted octanol–water partition coefficient (Wildman–Crippen LogP) is 3.38. The largest absolute Gasteiger partial charge is 0.384 e. The van der Waals surface area contributed by atoms with Gasteiger partial charge in [0.2, 0.25) is 0 Å². The van der Waals surface area contributed by atoms with Gasteiger partial charge in [0.05, 0.1) is 5.69 Å². The Balaban J connectivity index is 2.59. The molecule has 0 amide bonds. The van der Waals surface area contributed by atoms with Crippen LogP contribution in [0.5, 0.6) is 0 Å². The first-order chi connectivity index (χ1) is 8.15. The van der Waals surface area contributed by atoms with E-state index >= 15 is 0 Å². The maximum atomic E-state index is 6.06. The van der Waals surface area contributed by atoms with Crippen molar-refractivity contribution in [1.29, 1.82) is 0 Å². The lowest BCUT2D eigenvalue weighted by atomic mass is 10.0. The van der Waals surface area contributed by atoms with E-state index in [0.717, 1.165) is 40.0 Å². The van der Waals surface area contributed by atoms with Gasteiger partial charge in [0, 0.05) is 22.6 Å². The molecular weight excluding hydrogens is 278 g/mol. The molecule has 2 N–H and O–H groups in total. The van der Waals surface area contributed by atoms with E-state index in [-0.39, 0.29) is 0 Å². The van der Waals surface area contributed by atoms with Gasteiger partial charge in [-0.05, 0) is 12.5 Å². The first-order valence-electron chi connectivity index (χ1n) is 5.71. The number of aryl methyl sites for hydroxylation is 1. The molecule has 17 heavy (non-hydrogen) atoms. The number of nitrogens with zero attached hydrogens (tertiary/aromatic N) is 2. The van der Waals surface area contributed by atoms with E-state index in [0.29, 0.717) is 0 Å². The summed E-state index contributed by atoms with van der Waals surface area (Å²) in [5, 5.41) is 4.52. The molecule has 2 aromatic rings. The number of benzene rings is 1. The fourth-order valence-electron chi connectivity index (χ4n) is 1.95. The van der Waals surface area contributed by atoms with Crippen molar-refractivity contribution in [2.75, 3.05) is 5.73 Å². The van der Waals surface area contributed by atoms with Gasteiger partial charge >= 0.3 is 0 Å². The van der Waals surface area contributed by atoms with Crippen molar-refractivity contribution in [3.8, 4) is 11.3 Å². The molecule has 0 aliphatic heterocycles. The molecule has 3 nitrogen and oxygen atoms in total. The van der Waals surface area contributed by atoms with Crippen LogP contribution in [0.3, 0.4) is 0 Å². The maximum Gasteiger partial charge on any atom is 0.125 e. The van der Waals surface area contributed by atoms with Crippen molar-refractivity contribution < 1.29 is 0 Å². The first kappa shape index (κ1) is 12.2. The molecular formula is C13H16BrN3. The zero-order valence-electron chi connectivity index (χ0n) is 10.1. The Morgan fingerprint density at radius 2 is 2.06 bits per heavy atom. The zero-order valence-corrected chi connectivity index (χ0v) is 11.7. The van der Waals surface area contributed by atoms with Gasteiger partial charge in [-0.25, -0.2) is 0 Å². The van der Waals surface area contributed by atoms with Crippen molar-refractivity contribution in [3.63, 3.8) is 0 Å². The average molecular weight is 294 g/mol. The molecule has 1 aromatic carbocycles. The summed E-state index contributed by atoms with van der Waals surface area (Å²) < 4.78 is 2.80. The molecule has 0 saturated carbocycles. The van der Waals surface area contributed by atoms with Crippen molar-refractivity contribution in [2.24, 2.45) is 7.05 Å². The highest BCUT2D eigenvalue weighted by Gasteiger charge is 2.16. The fraction of sp³-hybridized carbons (Fsp3) is 0.308. The molecule has 0 unspecified atom stereocenters. The van der Waals surface area contributed by atoms with Crippen molar-refractivity contribution in [1.82, 2.24) is 9.78 Å². The minimum atomic E-state index is 0.762. The standard InChI is InChI=1S/C13H16BrN3/c1-3-6-10-12(16-17(2)13(10)15)9-7-4-5-8-11(9)14/h4-5,7-8H,3,6,15H2,1-2H3. The van der Waals surface area contributed by atoms with Crippen LogP contribution < -0.4 is 5.73 Å². The summed E-state index contributed by atoms with van der Waals surface area (Å²) in [5.74, 6) is 0.762. The number of hydrogen-bond acceptors (Lipinski definition) is 2. The summed E-state index contributed by atoms with van der Waals surface area (Å²) in [7, 11) is 1.88. The normalized spacial score (nSPS) is 10.8. The summed E-state index contributed by atoms with van der Waals surface area (Å²) in [6.45, 7) is 2.15. The van der Waals surface area contributed by atoms with Crippen molar-refractivity contribution >= 4 is 21.7 Å². The molecule has 0 radical (unpaired) electrons. The predicted molar refractivity (Wildman–Crippen MR) is 74.8 cm³/mol. The molecule has 0 bridgehead atoms. The smallest absolute Gasteiger partial charge is 0.125 e. The molecule has 4 heteroatoms. The van der Waals surface area contributed by atoms with Gasteiger partial charge in [0.25, 0.3) is 0 Å². The number of rotatable bonds is 3. The van der Waals surface area contributed by atoms with Crippen LogP contribution in [0.4, 0.5) is 5.82 Å². The summed E-state index contributed by atoms with van der Waals surface area (Å²) in [6, 6.07) is 8.10. The molecule has 1 aromatic heterocycles. The Kier molecular flexibility index (Phi) is 3.52. The van der Waals surface area contributed by atoms with Crippen LogP contribution in [0.2, 0.25) is 0 Å². The quantitative estimate of drug-likeness (QED) is 0.943. The summed E-state index contributed by atoms with van der Waals surface area (Å²) in [4.78, 5) is 0.